The highest BCUT2D eigenvalue weighted by Crippen LogP contribution is 2.22. The van der Waals surface area contributed by atoms with Gasteiger partial charge in [-0.2, -0.15) is 11.8 Å². The Hall–Kier alpha value is -2.94. The molecule has 0 bridgehead atoms. The monoisotopic (exact) mass is 375 g/mol. The van der Waals surface area contributed by atoms with Gasteiger partial charge in [0.15, 0.2) is 0 Å². The van der Waals surface area contributed by atoms with Crippen molar-refractivity contribution in [3.8, 4) is 0 Å². The number of benzene rings is 2. The van der Waals surface area contributed by atoms with Gasteiger partial charge < -0.3 is 5.32 Å². The van der Waals surface area contributed by atoms with Crippen LogP contribution in [0.15, 0.2) is 42.5 Å². The van der Waals surface area contributed by atoms with Crippen molar-refractivity contribution in [2.24, 2.45) is 0 Å². The quantitative estimate of drug-likeness (QED) is 0.429. The van der Waals surface area contributed by atoms with E-state index in [1.54, 1.807) is 11.8 Å². The van der Waals surface area contributed by atoms with Crippen molar-refractivity contribution in [3.63, 3.8) is 0 Å². The molecule has 0 saturated carbocycles. The maximum atomic E-state index is 12.1. The van der Waals surface area contributed by atoms with Gasteiger partial charge in [0.05, 0.1) is 21.5 Å². The van der Waals surface area contributed by atoms with Crippen LogP contribution in [0.3, 0.4) is 0 Å². The van der Waals surface area contributed by atoms with Gasteiger partial charge in [-0.25, -0.2) is 0 Å². The maximum Gasteiger partial charge on any atom is 0.277 e. The minimum atomic E-state index is -0.762. The number of carbonyl (C=O) groups excluding carboxylic acids is 1. The fourth-order valence-electron chi connectivity index (χ4n) is 2.27. The summed E-state index contributed by atoms with van der Waals surface area (Å²) in [5, 5.41) is 24.3. The fraction of sp³-hybridized carbons (Fsp3) is 0.235. The first-order valence-electron chi connectivity index (χ1n) is 7.72. The van der Waals surface area contributed by atoms with E-state index in [1.165, 1.54) is 11.1 Å². The molecule has 2 aromatic rings. The van der Waals surface area contributed by atoms with Crippen LogP contribution in [0.25, 0.3) is 0 Å². The van der Waals surface area contributed by atoms with Crippen molar-refractivity contribution in [2.75, 3.05) is 12.3 Å². The molecule has 0 aliphatic heterocycles. The van der Waals surface area contributed by atoms with Gasteiger partial charge in [0.25, 0.3) is 17.3 Å². The standard InChI is InChI=1S/C17H17N3O5S/c1-12-3-2-4-13(7-12)11-26-6-5-18-17(21)14-8-15(19(22)23)10-16(9-14)20(24)25/h2-4,7-10H,5-6,11H2,1H3,(H,18,21). The zero-order valence-corrected chi connectivity index (χ0v) is 14.8. The fourth-order valence-corrected chi connectivity index (χ4v) is 3.07. The predicted octanol–water partition coefficient (Wildman–Crippen LogP) is 3.47. The molecule has 0 aliphatic carbocycles. The molecule has 0 aromatic heterocycles. The molecular formula is C17H17N3O5S. The third-order valence-corrected chi connectivity index (χ3v) is 4.50. The van der Waals surface area contributed by atoms with Crippen LogP contribution >= 0.6 is 11.8 Å². The minimum Gasteiger partial charge on any atom is -0.351 e. The molecule has 8 nitrogen and oxygen atoms in total. The van der Waals surface area contributed by atoms with Crippen LogP contribution < -0.4 is 5.32 Å². The summed E-state index contributed by atoms with van der Waals surface area (Å²) in [5.41, 5.74) is 1.30. The van der Waals surface area contributed by atoms with Crippen LogP contribution in [0.4, 0.5) is 11.4 Å². The van der Waals surface area contributed by atoms with E-state index in [-0.39, 0.29) is 5.56 Å². The number of non-ortho nitro benzene ring substituents is 2. The second kappa shape index (κ2) is 8.95. The Kier molecular flexibility index (Phi) is 6.67. The van der Waals surface area contributed by atoms with Gasteiger partial charge in [0, 0.05) is 30.2 Å². The lowest BCUT2D eigenvalue weighted by Gasteiger charge is -2.06. The number of aryl methyl sites for hydroxylation is 1. The average Bonchev–Trinajstić information content (AvgIpc) is 2.60. The topological polar surface area (TPSA) is 115 Å². The Morgan fingerprint density at radius 1 is 1.08 bits per heavy atom. The lowest BCUT2D eigenvalue weighted by Crippen LogP contribution is -2.25. The smallest absolute Gasteiger partial charge is 0.277 e. The summed E-state index contributed by atoms with van der Waals surface area (Å²) >= 11 is 1.64. The molecule has 0 radical (unpaired) electrons. The summed E-state index contributed by atoms with van der Waals surface area (Å²) in [6.07, 6.45) is 0. The van der Waals surface area contributed by atoms with E-state index < -0.39 is 27.1 Å². The van der Waals surface area contributed by atoms with Gasteiger partial charge in [-0.1, -0.05) is 29.8 Å². The van der Waals surface area contributed by atoms with E-state index >= 15 is 0 Å². The van der Waals surface area contributed by atoms with Crippen LogP contribution in [0.2, 0.25) is 0 Å². The number of rotatable bonds is 8. The molecule has 0 saturated heterocycles. The molecule has 0 aliphatic rings. The number of hydrogen-bond donors (Lipinski definition) is 1. The third kappa shape index (κ3) is 5.55. The molecule has 2 aromatic carbocycles. The second-order valence-corrected chi connectivity index (χ2v) is 6.66. The molecule has 2 rings (SSSR count). The molecule has 136 valence electrons. The first-order valence-corrected chi connectivity index (χ1v) is 8.87. The lowest BCUT2D eigenvalue weighted by atomic mass is 10.1. The van der Waals surface area contributed by atoms with Gasteiger partial charge in [-0.05, 0) is 12.5 Å². The van der Waals surface area contributed by atoms with E-state index in [0.717, 1.165) is 24.0 Å². The molecule has 0 fully saturated rings. The molecule has 1 amide bonds. The van der Waals surface area contributed by atoms with E-state index in [2.05, 4.69) is 11.4 Å². The number of amides is 1. The number of nitro benzene ring substituents is 2. The van der Waals surface area contributed by atoms with Crippen molar-refractivity contribution >= 4 is 29.0 Å². The molecule has 1 N–H and O–H groups in total. The number of carbonyl (C=O) groups is 1. The molecule has 26 heavy (non-hydrogen) atoms. The first-order chi connectivity index (χ1) is 12.4. The first kappa shape index (κ1) is 19.4. The SMILES string of the molecule is Cc1cccc(CSCCNC(=O)c2cc([N+](=O)[O-])cc([N+](=O)[O-])c2)c1. The second-order valence-electron chi connectivity index (χ2n) is 5.55. The van der Waals surface area contributed by atoms with Crippen LogP contribution in [0, 0.1) is 27.2 Å². The van der Waals surface area contributed by atoms with Crippen molar-refractivity contribution in [2.45, 2.75) is 12.7 Å². The number of nitro groups is 2. The maximum absolute atomic E-state index is 12.1. The summed E-state index contributed by atoms with van der Waals surface area (Å²) in [4.78, 5) is 32.3. The Morgan fingerprint density at radius 3 is 2.31 bits per heavy atom. The molecule has 9 heteroatoms. The zero-order chi connectivity index (χ0) is 19.1. The van der Waals surface area contributed by atoms with E-state index in [1.807, 2.05) is 25.1 Å². The lowest BCUT2D eigenvalue weighted by molar-refractivity contribution is -0.394. The van der Waals surface area contributed by atoms with Crippen LogP contribution in [-0.4, -0.2) is 28.1 Å². The Balaban J connectivity index is 1.89. The number of nitrogens with zero attached hydrogens (tertiary/aromatic N) is 2. The van der Waals surface area contributed by atoms with Crippen LogP contribution in [0.5, 0.6) is 0 Å². The highest BCUT2D eigenvalue weighted by molar-refractivity contribution is 7.98. The summed E-state index contributed by atoms with van der Waals surface area (Å²) in [7, 11) is 0. The zero-order valence-electron chi connectivity index (χ0n) is 14.0. The van der Waals surface area contributed by atoms with Crippen LogP contribution in [0.1, 0.15) is 21.5 Å². The highest BCUT2D eigenvalue weighted by atomic mass is 32.2. The highest BCUT2D eigenvalue weighted by Gasteiger charge is 2.19. The molecule has 0 heterocycles. The van der Waals surface area contributed by atoms with Gasteiger partial charge in [0.1, 0.15) is 0 Å². The van der Waals surface area contributed by atoms with Gasteiger partial charge in [-0.15, -0.1) is 0 Å². The number of nitrogens with one attached hydrogen (secondary N) is 1. The molecule has 0 unspecified atom stereocenters. The Morgan fingerprint density at radius 2 is 1.73 bits per heavy atom. The predicted molar refractivity (Wildman–Crippen MR) is 99.4 cm³/mol. The third-order valence-electron chi connectivity index (χ3n) is 3.47. The number of thioether (sulfide) groups is 1. The number of hydrogen-bond acceptors (Lipinski definition) is 6. The van der Waals surface area contributed by atoms with E-state index in [9.17, 15) is 25.0 Å². The Bertz CT molecular complexity index is 809. The molecule has 0 spiro atoms. The summed E-state index contributed by atoms with van der Waals surface area (Å²) in [5.74, 6) is 0.879. The summed E-state index contributed by atoms with van der Waals surface area (Å²) in [6.45, 7) is 2.37. The minimum absolute atomic E-state index is 0.102. The van der Waals surface area contributed by atoms with Gasteiger partial charge in [0.2, 0.25) is 0 Å². The van der Waals surface area contributed by atoms with Crippen molar-refractivity contribution < 1.29 is 14.6 Å². The summed E-state index contributed by atoms with van der Waals surface area (Å²) < 4.78 is 0. The average molecular weight is 375 g/mol. The largest absolute Gasteiger partial charge is 0.351 e. The van der Waals surface area contributed by atoms with Crippen molar-refractivity contribution in [1.82, 2.24) is 5.32 Å². The molecular weight excluding hydrogens is 358 g/mol. The van der Waals surface area contributed by atoms with Crippen molar-refractivity contribution in [1.29, 1.82) is 0 Å². The van der Waals surface area contributed by atoms with E-state index in [4.69, 9.17) is 0 Å². The van der Waals surface area contributed by atoms with E-state index in [0.29, 0.717) is 12.3 Å². The molecule has 0 atom stereocenters. The van der Waals surface area contributed by atoms with Gasteiger partial charge in [-0.3, -0.25) is 25.0 Å². The van der Waals surface area contributed by atoms with Crippen molar-refractivity contribution in [3.05, 3.63) is 79.4 Å². The van der Waals surface area contributed by atoms with Crippen LogP contribution in [-0.2, 0) is 5.75 Å². The normalized spacial score (nSPS) is 10.3. The van der Waals surface area contributed by atoms with Gasteiger partial charge >= 0.3 is 0 Å². The Labute approximate surface area is 153 Å². The summed E-state index contributed by atoms with van der Waals surface area (Å²) in [6, 6.07) is 11.0.